The number of rotatable bonds is 3. The van der Waals surface area contributed by atoms with Crippen LogP contribution in [0.1, 0.15) is 23.1 Å². The Balaban J connectivity index is 1.77. The van der Waals surface area contributed by atoms with Crippen LogP contribution in [0.2, 0.25) is 0 Å². The third kappa shape index (κ3) is 3.40. The summed E-state index contributed by atoms with van der Waals surface area (Å²) in [5, 5.41) is 2.94. The Morgan fingerprint density at radius 3 is 2.44 bits per heavy atom. The highest BCUT2D eigenvalue weighted by Gasteiger charge is 2.36. The zero-order chi connectivity index (χ0) is 18.1. The van der Waals surface area contributed by atoms with E-state index in [1.165, 1.54) is 11.0 Å². The Morgan fingerprint density at radius 1 is 1.16 bits per heavy atom. The lowest BCUT2D eigenvalue weighted by Gasteiger charge is -2.18. The minimum Gasteiger partial charge on any atom is -0.325 e. The second-order valence-electron chi connectivity index (χ2n) is 6.62. The van der Waals surface area contributed by atoms with E-state index in [2.05, 4.69) is 5.32 Å². The average molecular weight is 340 g/mol. The lowest BCUT2D eigenvalue weighted by molar-refractivity contribution is -0.122. The van der Waals surface area contributed by atoms with Crippen LogP contribution in [0, 0.1) is 32.5 Å². The zero-order valence-corrected chi connectivity index (χ0v) is 14.6. The van der Waals surface area contributed by atoms with Crippen LogP contribution in [0.15, 0.2) is 36.4 Å². The summed E-state index contributed by atoms with van der Waals surface area (Å²) in [6.07, 6.45) is 0.0874. The van der Waals surface area contributed by atoms with Crippen molar-refractivity contribution < 1.29 is 14.0 Å². The van der Waals surface area contributed by atoms with Crippen molar-refractivity contribution in [2.24, 2.45) is 5.92 Å². The SMILES string of the molecule is Cc1cc(C)c(NC(=O)[C@@H]2CC(=O)N(c3ccccc3F)C2)c(C)c1. The third-order valence-electron chi connectivity index (χ3n) is 4.56. The minimum atomic E-state index is -0.493. The first-order valence-corrected chi connectivity index (χ1v) is 8.30. The predicted octanol–water partition coefficient (Wildman–Crippen LogP) is 3.74. The molecule has 2 amide bonds. The van der Waals surface area contributed by atoms with Gasteiger partial charge in [-0.15, -0.1) is 0 Å². The van der Waals surface area contributed by atoms with Gasteiger partial charge in [0.05, 0.1) is 11.6 Å². The largest absolute Gasteiger partial charge is 0.325 e. The predicted molar refractivity (Wildman–Crippen MR) is 96.1 cm³/mol. The maximum Gasteiger partial charge on any atom is 0.229 e. The molecule has 1 fully saturated rings. The number of nitrogens with zero attached hydrogens (tertiary/aromatic N) is 1. The molecule has 0 radical (unpaired) electrons. The number of hydrogen-bond acceptors (Lipinski definition) is 2. The molecule has 1 heterocycles. The monoisotopic (exact) mass is 340 g/mol. The number of carbonyl (C=O) groups is 2. The standard InChI is InChI=1S/C20H21FN2O2/c1-12-8-13(2)19(14(3)9-12)22-20(25)15-10-18(24)23(11-15)17-7-5-4-6-16(17)21/h4-9,15H,10-11H2,1-3H3,(H,22,25)/t15-/m1/s1. The number of halogens is 1. The van der Waals surface area contributed by atoms with Crippen LogP contribution >= 0.6 is 0 Å². The van der Waals surface area contributed by atoms with E-state index in [0.29, 0.717) is 0 Å². The first-order valence-electron chi connectivity index (χ1n) is 8.30. The molecular weight excluding hydrogens is 319 g/mol. The summed E-state index contributed by atoms with van der Waals surface area (Å²) in [5.74, 6) is -1.39. The Kier molecular flexibility index (Phi) is 4.57. The molecule has 0 bridgehead atoms. The molecule has 0 unspecified atom stereocenters. The fourth-order valence-electron chi connectivity index (χ4n) is 3.39. The maximum absolute atomic E-state index is 13.9. The molecule has 5 heteroatoms. The van der Waals surface area contributed by atoms with Gasteiger partial charge in [-0.25, -0.2) is 4.39 Å². The highest BCUT2D eigenvalue weighted by atomic mass is 19.1. The van der Waals surface area contributed by atoms with Crippen LogP contribution in [0.4, 0.5) is 15.8 Å². The Hall–Kier alpha value is -2.69. The third-order valence-corrected chi connectivity index (χ3v) is 4.56. The van der Waals surface area contributed by atoms with Crippen molar-refractivity contribution in [3.63, 3.8) is 0 Å². The van der Waals surface area contributed by atoms with Crippen molar-refractivity contribution in [1.82, 2.24) is 0 Å². The van der Waals surface area contributed by atoms with Crippen LogP contribution in [-0.4, -0.2) is 18.4 Å². The molecule has 1 N–H and O–H groups in total. The summed E-state index contributed by atoms with van der Waals surface area (Å²) in [5.41, 5.74) is 4.12. The molecule has 0 aliphatic carbocycles. The summed E-state index contributed by atoms with van der Waals surface area (Å²) < 4.78 is 13.9. The quantitative estimate of drug-likeness (QED) is 0.925. The van der Waals surface area contributed by atoms with Gasteiger partial charge in [0.15, 0.2) is 0 Å². The highest BCUT2D eigenvalue weighted by Crippen LogP contribution is 2.29. The topological polar surface area (TPSA) is 49.4 Å². The number of amides is 2. The highest BCUT2D eigenvalue weighted by molar-refractivity contribution is 6.04. The van der Waals surface area contributed by atoms with Crippen molar-refractivity contribution in [2.45, 2.75) is 27.2 Å². The summed E-state index contributed by atoms with van der Waals surface area (Å²) in [7, 11) is 0. The van der Waals surface area contributed by atoms with Gasteiger partial charge >= 0.3 is 0 Å². The van der Waals surface area contributed by atoms with E-state index in [4.69, 9.17) is 0 Å². The molecule has 1 aliphatic rings. The number of hydrogen-bond donors (Lipinski definition) is 1. The van der Waals surface area contributed by atoms with Gasteiger partial charge in [0.25, 0.3) is 0 Å². The first-order chi connectivity index (χ1) is 11.9. The van der Waals surface area contributed by atoms with Crippen molar-refractivity contribution >= 4 is 23.2 Å². The minimum absolute atomic E-state index is 0.0874. The van der Waals surface area contributed by atoms with E-state index in [1.807, 2.05) is 32.9 Å². The number of carbonyl (C=O) groups excluding carboxylic acids is 2. The summed E-state index contributed by atoms with van der Waals surface area (Å²) >= 11 is 0. The van der Waals surface area contributed by atoms with Crippen LogP contribution < -0.4 is 10.2 Å². The Labute approximate surface area is 146 Å². The van der Waals surface area contributed by atoms with E-state index >= 15 is 0 Å². The molecule has 130 valence electrons. The number of nitrogens with one attached hydrogen (secondary N) is 1. The van der Waals surface area contributed by atoms with Gasteiger partial charge in [-0.3, -0.25) is 9.59 Å². The second kappa shape index (κ2) is 6.67. The molecule has 0 aromatic heterocycles. The van der Waals surface area contributed by atoms with Crippen LogP contribution in [-0.2, 0) is 9.59 Å². The van der Waals surface area contributed by atoms with Crippen LogP contribution in [0.5, 0.6) is 0 Å². The van der Waals surface area contributed by atoms with Crippen molar-refractivity contribution in [1.29, 1.82) is 0 Å². The van der Waals surface area contributed by atoms with Crippen LogP contribution in [0.25, 0.3) is 0 Å². The molecule has 2 aromatic rings. The smallest absolute Gasteiger partial charge is 0.229 e. The first kappa shape index (κ1) is 17.1. The average Bonchev–Trinajstić information content (AvgIpc) is 2.93. The van der Waals surface area contributed by atoms with Gasteiger partial charge < -0.3 is 10.2 Å². The molecule has 25 heavy (non-hydrogen) atoms. The summed E-state index contributed by atoms with van der Waals surface area (Å²) in [6.45, 7) is 6.09. The lowest BCUT2D eigenvalue weighted by atomic mass is 10.0. The van der Waals surface area contributed by atoms with Gasteiger partial charge in [-0.1, -0.05) is 29.8 Å². The molecule has 1 aliphatic heterocycles. The Bertz CT molecular complexity index is 824. The molecule has 3 rings (SSSR count). The molecule has 0 spiro atoms. The fourth-order valence-corrected chi connectivity index (χ4v) is 3.39. The molecule has 0 saturated carbocycles. The number of benzene rings is 2. The number of aryl methyl sites for hydroxylation is 3. The van der Waals surface area contributed by atoms with E-state index in [1.54, 1.807) is 18.2 Å². The van der Waals surface area contributed by atoms with E-state index < -0.39 is 11.7 Å². The maximum atomic E-state index is 13.9. The van der Waals surface area contributed by atoms with Crippen molar-refractivity contribution in [3.8, 4) is 0 Å². The van der Waals surface area contributed by atoms with Crippen molar-refractivity contribution in [3.05, 3.63) is 58.9 Å². The fraction of sp³-hybridized carbons (Fsp3) is 0.300. The van der Waals surface area contributed by atoms with Gasteiger partial charge in [-0.05, 0) is 44.0 Å². The molecule has 1 saturated heterocycles. The van der Waals surface area contributed by atoms with Gasteiger partial charge in [0.1, 0.15) is 5.82 Å². The van der Waals surface area contributed by atoms with Crippen LogP contribution in [0.3, 0.4) is 0 Å². The second-order valence-corrected chi connectivity index (χ2v) is 6.62. The zero-order valence-electron chi connectivity index (χ0n) is 14.6. The van der Waals surface area contributed by atoms with Gasteiger partial charge in [-0.2, -0.15) is 0 Å². The molecule has 1 atom stereocenters. The molecular formula is C20H21FN2O2. The Morgan fingerprint density at radius 2 is 1.80 bits per heavy atom. The van der Waals surface area contributed by atoms with E-state index in [0.717, 1.165) is 22.4 Å². The van der Waals surface area contributed by atoms with E-state index in [9.17, 15) is 14.0 Å². The summed E-state index contributed by atoms with van der Waals surface area (Å²) in [6, 6.07) is 10.1. The van der Waals surface area contributed by atoms with Gasteiger partial charge in [0.2, 0.25) is 11.8 Å². The van der Waals surface area contributed by atoms with E-state index in [-0.39, 0.29) is 30.5 Å². The normalized spacial score (nSPS) is 17.0. The summed E-state index contributed by atoms with van der Waals surface area (Å²) in [4.78, 5) is 26.2. The van der Waals surface area contributed by atoms with Crippen molar-refractivity contribution in [2.75, 3.05) is 16.8 Å². The lowest BCUT2D eigenvalue weighted by Crippen LogP contribution is -2.29. The number of anilines is 2. The van der Waals surface area contributed by atoms with Gasteiger partial charge in [0, 0.05) is 18.7 Å². The number of para-hydroxylation sites is 1. The molecule has 2 aromatic carbocycles. The molecule has 4 nitrogen and oxygen atoms in total.